The molecule has 0 aromatic heterocycles. The second kappa shape index (κ2) is 10.1. The van der Waals surface area contributed by atoms with E-state index in [9.17, 15) is 17.6 Å². The fourth-order valence-electron chi connectivity index (χ4n) is 3.77. The molecule has 9 heteroatoms. The lowest BCUT2D eigenvalue weighted by Gasteiger charge is -2.42. The summed E-state index contributed by atoms with van der Waals surface area (Å²) in [6.07, 6.45) is -3.11. The molecule has 2 heterocycles. The molecule has 1 atom stereocenters. The van der Waals surface area contributed by atoms with E-state index >= 15 is 0 Å². The van der Waals surface area contributed by atoms with Gasteiger partial charge in [-0.15, -0.1) is 24.8 Å². The van der Waals surface area contributed by atoms with Gasteiger partial charge in [-0.1, -0.05) is 6.07 Å². The number of ether oxygens (including phenoxy) is 1. The van der Waals surface area contributed by atoms with E-state index in [0.29, 0.717) is 32.4 Å². The van der Waals surface area contributed by atoms with Crippen LogP contribution in [0.2, 0.25) is 0 Å². The van der Waals surface area contributed by atoms with Gasteiger partial charge < -0.3 is 10.1 Å². The first-order valence-corrected chi connectivity index (χ1v) is 8.36. The van der Waals surface area contributed by atoms with Crippen LogP contribution in [-0.2, 0) is 10.9 Å². The summed E-state index contributed by atoms with van der Waals surface area (Å²) >= 11 is 0. The first kappa shape index (κ1) is 23.4. The van der Waals surface area contributed by atoms with E-state index in [0.717, 1.165) is 32.0 Å². The normalized spacial score (nSPS) is 20.8. The molecule has 2 fully saturated rings. The molecule has 3 rings (SSSR count). The average molecular weight is 419 g/mol. The standard InChI is InChI=1S/C17H22F4N2O.2ClH/c18-13-1-2-14(15(11-13)17(19,20)21)16(12-3-9-24-10-4-12)23-7-5-22-6-8-23;;/h1-2,11-12,16,22H,3-10H2;2*1H/t16-;;/m0../s1. The number of piperazine rings is 1. The van der Waals surface area contributed by atoms with Gasteiger partial charge in [0.1, 0.15) is 5.82 Å². The Morgan fingerprint density at radius 1 is 1.08 bits per heavy atom. The predicted octanol–water partition coefficient (Wildman–Crippen LogP) is 4.06. The third kappa shape index (κ3) is 5.45. The Kier molecular flexibility index (Phi) is 9.09. The maximum absolute atomic E-state index is 13.5. The lowest BCUT2D eigenvalue weighted by molar-refractivity contribution is -0.139. The van der Waals surface area contributed by atoms with Crippen LogP contribution in [0.15, 0.2) is 18.2 Å². The fraction of sp³-hybridized carbons (Fsp3) is 0.647. The van der Waals surface area contributed by atoms with Crippen LogP contribution in [0.3, 0.4) is 0 Å². The third-order valence-corrected chi connectivity index (χ3v) is 4.90. The van der Waals surface area contributed by atoms with Crippen molar-refractivity contribution in [1.29, 1.82) is 0 Å². The van der Waals surface area contributed by atoms with E-state index in [2.05, 4.69) is 10.2 Å². The molecule has 0 radical (unpaired) electrons. The summed E-state index contributed by atoms with van der Waals surface area (Å²) in [5, 5.41) is 3.23. The van der Waals surface area contributed by atoms with Crippen molar-refractivity contribution < 1.29 is 22.3 Å². The van der Waals surface area contributed by atoms with Crippen LogP contribution in [0.1, 0.15) is 30.0 Å². The van der Waals surface area contributed by atoms with Crippen molar-refractivity contribution in [3.8, 4) is 0 Å². The topological polar surface area (TPSA) is 24.5 Å². The number of hydrogen-bond acceptors (Lipinski definition) is 3. The van der Waals surface area contributed by atoms with Crippen molar-refractivity contribution in [2.75, 3.05) is 39.4 Å². The SMILES string of the molecule is Cl.Cl.Fc1ccc([C@H](C2CCOCC2)N2CCNCC2)c(C(F)(F)F)c1. The molecule has 0 bridgehead atoms. The summed E-state index contributed by atoms with van der Waals surface area (Å²) in [5.74, 6) is -0.763. The van der Waals surface area contributed by atoms with E-state index in [1.54, 1.807) is 0 Å². The highest BCUT2D eigenvalue weighted by molar-refractivity contribution is 5.85. The minimum absolute atomic E-state index is 0. The molecule has 0 amide bonds. The van der Waals surface area contributed by atoms with Gasteiger partial charge in [0.25, 0.3) is 0 Å². The van der Waals surface area contributed by atoms with Crippen LogP contribution in [-0.4, -0.2) is 44.3 Å². The van der Waals surface area contributed by atoms with E-state index in [1.165, 1.54) is 6.07 Å². The maximum Gasteiger partial charge on any atom is 0.416 e. The largest absolute Gasteiger partial charge is 0.416 e. The number of hydrogen-bond donors (Lipinski definition) is 1. The van der Waals surface area contributed by atoms with E-state index < -0.39 is 17.6 Å². The summed E-state index contributed by atoms with van der Waals surface area (Å²) in [5.41, 5.74) is -0.657. The lowest BCUT2D eigenvalue weighted by atomic mass is 9.83. The quantitative estimate of drug-likeness (QED) is 0.748. The molecule has 2 saturated heterocycles. The van der Waals surface area contributed by atoms with Crippen LogP contribution < -0.4 is 5.32 Å². The van der Waals surface area contributed by atoms with Gasteiger partial charge in [0, 0.05) is 45.4 Å². The van der Waals surface area contributed by atoms with E-state index in [4.69, 9.17) is 4.74 Å². The zero-order chi connectivity index (χ0) is 17.2. The number of benzene rings is 1. The van der Waals surface area contributed by atoms with Crippen LogP contribution in [0.4, 0.5) is 17.6 Å². The monoisotopic (exact) mass is 418 g/mol. The summed E-state index contributed by atoms with van der Waals surface area (Å²) in [6, 6.07) is 2.73. The predicted molar refractivity (Wildman–Crippen MR) is 96.6 cm³/mol. The molecular weight excluding hydrogens is 395 g/mol. The molecular formula is C17H24Cl2F4N2O. The minimum Gasteiger partial charge on any atom is -0.381 e. The summed E-state index contributed by atoms with van der Waals surface area (Å²) < 4.78 is 59.4. The molecule has 0 spiro atoms. The summed E-state index contributed by atoms with van der Waals surface area (Å²) in [4.78, 5) is 2.11. The van der Waals surface area contributed by atoms with Gasteiger partial charge in [-0.25, -0.2) is 4.39 Å². The minimum atomic E-state index is -4.56. The van der Waals surface area contributed by atoms with E-state index in [-0.39, 0.29) is 42.3 Å². The first-order valence-electron chi connectivity index (χ1n) is 8.36. The van der Waals surface area contributed by atoms with Crippen molar-refractivity contribution in [3.63, 3.8) is 0 Å². The fourth-order valence-corrected chi connectivity index (χ4v) is 3.77. The molecule has 2 aliphatic rings. The van der Waals surface area contributed by atoms with Gasteiger partial charge in [-0.2, -0.15) is 13.2 Å². The Labute approximate surface area is 163 Å². The molecule has 0 unspecified atom stereocenters. The molecule has 3 nitrogen and oxygen atoms in total. The summed E-state index contributed by atoms with van der Waals surface area (Å²) in [7, 11) is 0. The average Bonchev–Trinajstić information content (AvgIpc) is 2.57. The zero-order valence-electron chi connectivity index (χ0n) is 14.2. The Balaban J connectivity index is 0.00000169. The number of nitrogens with one attached hydrogen (secondary N) is 1. The number of rotatable bonds is 3. The van der Waals surface area contributed by atoms with Gasteiger partial charge in [0.15, 0.2) is 0 Å². The summed E-state index contributed by atoms with van der Waals surface area (Å²) in [6.45, 7) is 4.02. The molecule has 0 aliphatic carbocycles. The van der Waals surface area contributed by atoms with Gasteiger partial charge in [-0.3, -0.25) is 4.90 Å². The third-order valence-electron chi connectivity index (χ3n) is 4.90. The molecule has 150 valence electrons. The lowest BCUT2D eigenvalue weighted by Crippen LogP contribution is -2.48. The number of halogens is 6. The number of alkyl halides is 3. The van der Waals surface area contributed by atoms with Crippen molar-refractivity contribution in [2.45, 2.75) is 25.1 Å². The van der Waals surface area contributed by atoms with Crippen LogP contribution >= 0.6 is 24.8 Å². The van der Waals surface area contributed by atoms with Crippen LogP contribution in [0, 0.1) is 11.7 Å². The van der Waals surface area contributed by atoms with E-state index in [1.807, 2.05) is 0 Å². The van der Waals surface area contributed by atoms with Crippen molar-refractivity contribution in [3.05, 3.63) is 35.1 Å². The second-order valence-electron chi connectivity index (χ2n) is 6.41. The highest BCUT2D eigenvalue weighted by Crippen LogP contribution is 2.42. The van der Waals surface area contributed by atoms with Gasteiger partial charge in [0.05, 0.1) is 5.56 Å². The van der Waals surface area contributed by atoms with Crippen molar-refractivity contribution in [2.24, 2.45) is 5.92 Å². The second-order valence-corrected chi connectivity index (χ2v) is 6.41. The zero-order valence-corrected chi connectivity index (χ0v) is 15.9. The molecule has 1 aromatic rings. The van der Waals surface area contributed by atoms with Crippen molar-refractivity contribution in [1.82, 2.24) is 10.2 Å². The Hall–Kier alpha value is -0.600. The van der Waals surface area contributed by atoms with Gasteiger partial charge >= 0.3 is 6.18 Å². The van der Waals surface area contributed by atoms with Gasteiger partial charge in [0.2, 0.25) is 0 Å². The highest BCUT2D eigenvalue weighted by Gasteiger charge is 2.40. The number of nitrogens with zero attached hydrogens (tertiary/aromatic N) is 1. The Morgan fingerprint density at radius 3 is 2.27 bits per heavy atom. The van der Waals surface area contributed by atoms with Gasteiger partial charge in [-0.05, 0) is 36.5 Å². The van der Waals surface area contributed by atoms with Crippen molar-refractivity contribution >= 4 is 24.8 Å². The molecule has 26 heavy (non-hydrogen) atoms. The Bertz CT molecular complexity index is 544. The molecule has 2 aliphatic heterocycles. The highest BCUT2D eigenvalue weighted by atomic mass is 35.5. The molecule has 1 N–H and O–H groups in total. The maximum atomic E-state index is 13.5. The van der Waals surface area contributed by atoms with Crippen LogP contribution in [0.5, 0.6) is 0 Å². The smallest absolute Gasteiger partial charge is 0.381 e. The molecule has 1 aromatic carbocycles. The molecule has 0 saturated carbocycles. The Morgan fingerprint density at radius 2 is 1.69 bits per heavy atom. The first-order chi connectivity index (χ1) is 11.5. The van der Waals surface area contributed by atoms with Crippen LogP contribution in [0.25, 0.3) is 0 Å².